The number of hydrogen-bond donors (Lipinski definition) is 2. The second-order valence-electron chi connectivity index (χ2n) is 5.03. The fraction of sp³-hybridized carbons (Fsp3) is 0.0588. The lowest BCUT2D eigenvalue weighted by atomic mass is 10.1. The number of aromatic nitrogens is 2. The van der Waals surface area contributed by atoms with Gasteiger partial charge in [0, 0.05) is 15.4 Å². The minimum Gasteiger partial charge on any atom is -0.496 e. The maximum Gasteiger partial charge on any atom is 0.292 e. The highest BCUT2D eigenvalue weighted by Gasteiger charge is 2.13. The van der Waals surface area contributed by atoms with E-state index >= 15 is 0 Å². The number of amides is 1. The molecule has 0 atom stereocenters. The number of carbonyl (C=O) groups excluding carboxylic acids is 1. The molecule has 0 spiro atoms. The quantitative estimate of drug-likeness (QED) is 0.519. The number of carbonyl (C=O) groups is 1. The highest BCUT2D eigenvalue weighted by Crippen LogP contribution is 2.21. The van der Waals surface area contributed by atoms with Crippen LogP contribution in [0.1, 0.15) is 16.1 Å². The molecule has 1 aromatic heterocycles. The predicted octanol–water partition coefficient (Wildman–Crippen LogP) is 2.46. The molecule has 3 rings (SSSR count). The summed E-state index contributed by atoms with van der Waals surface area (Å²) in [4.78, 5) is 24.1. The molecule has 0 fully saturated rings. The fourth-order valence-corrected chi connectivity index (χ4v) is 2.69. The molecule has 8 heteroatoms. The molecule has 0 radical (unpaired) electrons. The van der Waals surface area contributed by atoms with Gasteiger partial charge in [-0.2, -0.15) is 10.2 Å². The van der Waals surface area contributed by atoms with Gasteiger partial charge in [-0.05, 0) is 24.3 Å². The Balaban J connectivity index is 1.86. The summed E-state index contributed by atoms with van der Waals surface area (Å²) in [6, 6.07) is 12.2. The van der Waals surface area contributed by atoms with Gasteiger partial charge in [0.05, 0.1) is 18.7 Å². The zero-order valence-electron chi connectivity index (χ0n) is 13.1. The lowest BCUT2D eigenvalue weighted by Gasteiger charge is -2.05. The molecule has 2 N–H and O–H groups in total. The summed E-state index contributed by atoms with van der Waals surface area (Å²) in [6.07, 6.45) is 1.47. The van der Waals surface area contributed by atoms with Crippen LogP contribution in [0.3, 0.4) is 0 Å². The molecule has 25 heavy (non-hydrogen) atoms. The second-order valence-corrected chi connectivity index (χ2v) is 5.95. The maximum atomic E-state index is 12.3. The van der Waals surface area contributed by atoms with Crippen molar-refractivity contribution in [3.8, 4) is 5.75 Å². The number of benzene rings is 2. The third kappa shape index (κ3) is 3.58. The lowest BCUT2D eigenvalue weighted by Crippen LogP contribution is -2.22. The van der Waals surface area contributed by atoms with Crippen LogP contribution < -0.4 is 15.7 Å². The average molecular weight is 401 g/mol. The van der Waals surface area contributed by atoms with Gasteiger partial charge >= 0.3 is 0 Å². The van der Waals surface area contributed by atoms with Crippen molar-refractivity contribution >= 4 is 38.8 Å². The standard InChI is InChI=1S/C17H13BrN4O3/c1-25-14-7-6-11(18)8-10(14)9-19-21-17(24)15-12-4-2-3-5-13(12)16(23)22-20-15/h2-9H,1H3,(H,21,24)(H,22,23)/b19-9+. The molecule has 126 valence electrons. The van der Waals surface area contributed by atoms with Crippen LogP contribution in [0.4, 0.5) is 0 Å². The number of hydrazone groups is 1. The molecule has 0 unspecified atom stereocenters. The van der Waals surface area contributed by atoms with Gasteiger partial charge in [0.1, 0.15) is 5.75 Å². The van der Waals surface area contributed by atoms with Crippen molar-refractivity contribution in [1.82, 2.24) is 15.6 Å². The van der Waals surface area contributed by atoms with E-state index in [1.165, 1.54) is 6.21 Å². The molecule has 2 aromatic carbocycles. The summed E-state index contributed by atoms with van der Waals surface area (Å²) >= 11 is 3.37. The Morgan fingerprint density at radius 3 is 2.80 bits per heavy atom. The number of hydrogen-bond acceptors (Lipinski definition) is 5. The van der Waals surface area contributed by atoms with E-state index in [0.717, 1.165) is 4.47 Å². The predicted molar refractivity (Wildman–Crippen MR) is 98.1 cm³/mol. The van der Waals surface area contributed by atoms with Crippen LogP contribution in [0.5, 0.6) is 5.75 Å². The topological polar surface area (TPSA) is 96.4 Å². The Kier molecular flexibility index (Phi) is 4.90. The first kappa shape index (κ1) is 16.8. The summed E-state index contributed by atoms with van der Waals surface area (Å²) in [7, 11) is 1.55. The Morgan fingerprint density at radius 2 is 2.04 bits per heavy atom. The number of aromatic amines is 1. The van der Waals surface area contributed by atoms with Crippen LogP contribution in [0.15, 0.2) is 56.8 Å². The highest BCUT2D eigenvalue weighted by atomic mass is 79.9. The van der Waals surface area contributed by atoms with Crippen molar-refractivity contribution in [3.63, 3.8) is 0 Å². The van der Waals surface area contributed by atoms with Gasteiger partial charge in [0.15, 0.2) is 5.69 Å². The SMILES string of the molecule is COc1ccc(Br)cc1/C=N/NC(=O)c1n[nH]c(=O)c2ccccc12. The third-order valence-electron chi connectivity index (χ3n) is 3.47. The van der Waals surface area contributed by atoms with E-state index in [-0.39, 0.29) is 11.3 Å². The average Bonchev–Trinajstić information content (AvgIpc) is 2.62. The van der Waals surface area contributed by atoms with E-state index < -0.39 is 5.91 Å². The number of H-pyrrole nitrogens is 1. The Hall–Kier alpha value is -3.00. The number of rotatable bonds is 4. The van der Waals surface area contributed by atoms with Gasteiger partial charge in [0.2, 0.25) is 0 Å². The van der Waals surface area contributed by atoms with Gasteiger partial charge in [-0.15, -0.1) is 0 Å². The van der Waals surface area contributed by atoms with E-state index in [1.54, 1.807) is 37.4 Å². The molecule has 3 aromatic rings. The second kappa shape index (κ2) is 7.27. The summed E-state index contributed by atoms with van der Waals surface area (Å²) in [5, 5.41) is 10.9. The van der Waals surface area contributed by atoms with Gasteiger partial charge in [-0.3, -0.25) is 9.59 Å². The van der Waals surface area contributed by atoms with E-state index in [2.05, 4.69) is 36.7 Å². The van der Waals surface area contributed by atoms with Crippen molar-refractivity contribution in [3.05, 3.63) is 68.5 Å². The van der Waals surface area contributed by atoms with E-state index in [1.807, 2.05) is 12.1 Å². The minimum atomic E-state index is -0.530. The first-order valence-electron chi connectivity index (χ1n) is 7.24. The van der Waals surface area contributed by atoms with Crippen LogP contribution in [-0.2, 0) is 0 Å². The number of nitrogens with zero attached hydrogens (tertiary/aromatic N) is 2. The van der Waals surface area contributed by atoms with Gasteiger partial charge in [-0.1, -0.05) is 34.1 Å². The molecule has 0 aliphatic carbocycles. The van der Waals surface area contributed by atoms with Crippen LogP contribution in [0, 0.1) is 0 Å². The van der Waals surface area contributed by atoms with Crippen LogP contribution in [-0.4, -0.2) is 29.4 Å². The Bertz CT molecular complexity index is 1030. The highest BCUT2D eigenvalue weighted by molar-refractivity contribution is 9.10. The van der Waals surface area contributed by atoms with Crippen molar-refractivity contribution in [2.45, 2.75) is 0 Å². The zero-order valence-corrected chi connectivity index (χ0v) is 14.7. The molecule has 0 saturated heterocycles. The third-order valence-corrected chi connectivity index (χ3v) is 3.97. The van der Waals surface area contributed by atoms with Crippen LogP contribution in [0.25, 0.3) is 10.8 Å². The van der Waals surface area contributed by atoms with Crippen molar-refractivity contribution in [2.75, 3.05) is 7.11 Å². The van der Waals surface area contributed by atoms with Gasteiger partial charge in [-0.25, -0.2) is 10.5 Å². The molecular weight excluding hydrogens is 388 g/mol. The van der Waals surface area contributed by atoms with Crippen molar-refractivity contribution in [1.29, 1.82) is 0 Å². The zero-order chi connectivity index (χ0) is 17.8. The summed E-state index contributed by atoms with van der Waals surface area (Å²) in [6.45, 7) is 0. The smallest absolute Gasteiger partial charge is 0.292 e. The van der Waals surface area contributed by atoms with E-state index in [4.69, 9.17) is 4.74 Å². The monoisotopic (exact) mass is 400 g/mol. The molecule has 0 aliphatic rings. The van der Waals surface area contributed by atoms with E-state index in [0.29, 0.717) is 22.1 Å². The Morgan fingerprint density at radius 1 is 1.28 bits per heavy atom. The normalized spacial score (nSPS) is 11.0. The largest absolute Gasteiger partial charge is 0.496 e. The van der Waals surface area contributed by atoms with Crippen molar-refractivity contribution in [2.24, 2.45) is 5.10 Å². The summed E-state index contributed by atoms with van der Waals surface area (Å²) in [5.74, 6) is 0.0893. The van der Waals surface area contributed by atoms with Crippen LogP contribution in [0.2, 0.25) is 0 Å². The number of methoxy groups -OCH3 is 1. The lowest BCUT2D eigenvalue weighted by molar-refractivity contribution is 0.0951. The maximum absolute atomic E-state index is 12.3. The Labute approximate surface area is 150 Å². The first-order chi connectivity index (χ1) is 12.1. The number of halogens is 1. The molecule has 0 aliphatic heterocycles. The first-order valence-corrected chi connectivity index (χ1v) is 8.04. The molecule has 0 bridgehead atoms. The fourth-order valence-electron chi connectivity index (χ4n) is 2.31. The van der Waals surface area contributed by atoms with Gasteiger partial charge in [0.25, 0.3) is 11.5 Å². The number of ether oxygens (including phenoxy) is 1. The summed E-state index contributed by atoms with van der Waals surface area (Å²) in [5.41, 5.74) is 2.84. The molecule has 1 heterocycles. The summed E-state index contributed by atoms with van der Waals surface area (Å²) < 4.78 is 6.09. The minimum absolute atomic E-state index is 0.0913. The number of nitrogens with one attached hydrogen (secondary N) is 2. The molecule has 7 nitrogen and oxygen atoms in total. The molecular formula is C17H13BrN4O3. The molecule has 1 amide bonds. The number of fused-ring (bicyclic) bond motifs is 1. The van der Waals surface area contributed by atoms with Crippen molar-refractivity contribution < 1.29 is 9.53 Å². The van der Waals surface area contributed by atoms with Crippen LogP contribution >= 0.6 is 15.9 Å². The molecule has 0 saturated carbocycles. The van der Waals surface area contributed by atoms with Gasteiger partial charge < -0.3 is 4.74 Å². The van der Waals surface area contributed by atoms with E-state index in [9.17, 15) is 9.59 Å².